The Morgan fingerprint density at radius 2 is 2.27 bits per heavy atom. The highest BCUT2D eigenvalue weighted by Gasteiger charge is 2.19. The maximum atomic E-state index is 14.0. The minimum Gasteiger partial charge on any atom is -0.492 e. The lowest BCUT2D eigenvalue weighted by Crippen LogP contribution is -2.34. The number of nitrogens with zero attached hydrogens (tertiary/aromatic N) is 3. The van der Waals surface area contributed by atoms with Crippen LogP contribution in [0, 0.1) is 11.7 Å². The Balaban J connectivity index is 1.57. The van der Waals surface area contributed by atoms with Gasteiger partial charge in [-0.1, -0.05) is 0 Å². The molecule has 0 bridgehead atoms. The van der Waals surface area contributed by atoms with Gasteiger partial charge in [0.05, 0.1) is 18.5 Å². The summed E-state index contributed by atoms with van der Waals surface area (Å²) < 4.78 is 19.7. The second-order valence-electron chi connectivity index (χ2n) is 5.37. The number of aromatic amines is 1. The first-order valence-corrected chi connectivity index (χ1v) is 7.23. The molecule has 1 aliphatic rings. The van der Waals surface area contributed by atoms with E-state index in [2.05, 4.69) is 15.2 Å². The molecule has 0 unspecified atom stereocenters. The number of amides is 1. The first-order valence-electron chi connectivity index (χ1n) is 7.23. The molecule has 22 heavy (non-hydrogen) atoms. The minimum atomic E-state index is -0.447. The summed E-state index contributed by atoms with van der Waals surface area (Å²) in [6, 6.07) is 3.00. The zero-order valence-electron chi connectivity index (χ0n) is 12.0. The Morgan fingerprint density at radius 3 is 2.91 bits per heavy atom. The number of pyridine rings is 1. The molecule has 0 saturated carbocycles. The minimum absolute atomic E-state index is 0.226. The van der Waals surface area contributed by atoms with Gasteiger partial charge in [-0.15, -0.1) is 0 Å². The molecule has 3 rings (SSSR count). The Labute approximate surface area is 127 Å². The van der Waals surface area contributed by atoms with Gasteiger partial charge >= 0.3 is 0 Å². The van der Waals surface area contributed by atoms with Gasteiger partial charge < -0.3 is 9.64 Å². The van der Waals surface area contributed by atoms with E-state index in [1.54, 1.807) is 17.2 Å². The Morgan fingerprint density at radius 1 is 1.45 bits per heavy atom. The van der Waals surface area contributed by atoms with Crippen LogP contribution in [0.2, 0.25) is 0 Å². The molecule has 0 atom stereocenters. The highest BCUT2D eigenvalue weighted by atomic mass is 19.1. The first kappa shape index (κ1) is 14.5. The predicted molar refractivity (Wildman–Crippen MR) is 77.6 cm³/mol. The SMILES string of the molecule is O=CN1CCC(COc2cnc(-c3ccn[nH]3)c(F)c2)CC1. The highest BCUT2D eigenvalue weighted by Crippen LogP contribution is 2.23. The molecule has 116 valence electrons. The first-order chi connectivity index (χ1) is 10.8. The third-order valence-electron chi connectivity index (χ3n) is 3.86. The topological polar surface area (TPSA) is 71.1 Å². The van der Waals surface area contributed by atoms with Crippen molar-refractivity contribution < 1.29 is 13.9 Å². The second kappa shape index (κ2) is 6.55. The van der Waals surface area contributed by atoms with Crippen LogP contribution in [0.3, 0.4) is 0 Å². The highest BCUT2D eigenvalue weighted by molar-refractivity contribution is 5.54. The summed E-state index contributed by atoms with van der Waals surface area (Å²) >= 11 is 0. The lowest BCUT2D eigenvalue weighted by Gasteiger charge is -2.28. The number of H-pyrrole nitrogens is 1. The lowest BCUT2D eigenvalue weighted by atomic mass is 9.98. The summed E-state index contributed by atoms with van der Waals surface area (Å²) in [6.45, 7) is 2.02. The summed E-state index contributed by atoms with van der Waals surface area (Å²) in [4.78, 5) is 16.5. The van der Waals surface area contributed by atoms with Crippen LogP contribution >= 0.6 is 0 Å². The van der Waals surface area contributed by atoms with Crippen LogP contribution in [0.25, 0.3) is 11.4 Å². The monoisotopic (exact) mass is 304 g/mol. The molecule has 0 spiro atoms. The van der Waals surface area contributed by atoms with Crippen molar-refractivity contribution in [2.75, 3.05) is 19.7 Å². The van der Waals surface area contributed by atoms with Gasteiger partial charge in [0.2, 0.25) is 6.41 Å². The fraction of sp³-hybridized carbons (Fsp3) is 0.400. The van der Waals surface area contributed by atoms with Crippen molar-refractivity contribution in [1.29, 1.82) is 0 Å². The van der Waals surface area contributed by atoms with E-state index in [1.807, 2.05) is 0 Å². The van der Waals surface area contributed by atoms with E-state index in [0.717, 1.165) is 32.3 Å². The molecule has 1 saturated heterocycles. The fourth-order valence-electron chi connectivity index (χ4n) is 2.52. The number of rotatable bonds is 5. The van der Waals surface area contributed by atoms with Crippen LogP contribution in [-0.2, 0) is 4.79 Å². The van der Waals surface area contributed by atoms with Crippen LogP contribution in [-0.4, -0.2) is 46.2 Å². The number of carbonyl (C=O) groups is 1. The van der Waals surface area contributed by atoms with Gasteiger partial charge in [-0.2, -0.15) is 5.10 Å². The van der Waals surface area contributed by atoms with E-state index in [9.17, 15) is 9.18 Å². The standard InChI is InChI=1S/C15H17FN4O2/c16-13-7-12(8-17-15(13)14-1-4-18-19-14)22-9-11-2-5-20(10-21)6-3-11/h1,4,7-8,10-11H,2-3,5-6,9H2,(H,18,19). The Hall–Kier alpha value is -2.44. The number of ether oxygens (including phenoxy) is 1. The molecule has 0 aliphatic carbocycles. The van der Waals surface area contributed by atoms with Crippen molar-refractivity contribution >= 4 is 6.41 Å². The molecule has 0 radical (unpaired) electrons. The number of likely N-dealkylation sites (tertiary alicyclic amines) is 1. The van der Waals surface area contributed by atoms with Crippen LogP contribution in [0.15, 0.2) is 24.5 Å². The van der Waals surface area contributed by atoms with Gasteiger partial charge in [0.15, 0.2) is 5.82 Å². The van der Waals surface area contributed by atoms with Gasteiger partial charge in [0.1, 0.15) is 11.4 Å². The Kier molecular flexibility index (Phi) is 4.32. The van der Waals surface area contributed by atoms with Gasteiger partial charge in [0, 0.05) is 25.4 Å². The van der Waals surface area contributed by atoms with Gasteiger partial charge in [-0.05, 0) is 24.8 Å². The maximum absolute atomic E-state index is 14.0. The van der Waals surface area contributed by atoms with E-state index < -0.39 is 5.82 Å². The number of aromatic nitrogens is 3. The largest absolute Gasteiger partial charge is 0.492 e. The van der Waals surface area contributed by atoms with Gasteiger partial charge in [-0.3, -0.25) is 9.89 Å². The molecular weight excluding hydrogens is 287 g/mol. The van der Waals surface area contributed by atoms with Crippen LogP contribution in [0.5, 0.6) is 5.75 Å². The van der Waals surface area contributed by atoms with Crippen LogP contribution in [0.4, 0.5) is 4.39 Å². The number of hydrogen-bond donors (Lipinski definition) is 1. The molecule has 6 nitrogen and oxygen atoms in total. The van der Waals surface area contributed by atoms with Gasteiger partial charge in [-0.25, -0.2) is 9.37 Å². The molecule has 1 fully saturated rings. The number of hydrogen-bond acceptors (Lipinski definition) is 4. The molecule has 7 heteroatoms. The molecule has 1 aliphatic heterocycles. The molecule has 0 aromatic carbocycles. The molecule has 1 amide bonds. The van der Waals surface area contributed by atoms with Crippen LogP contribution in [0.1, 0.15) is 12.8 Å². The smallest absolute Gasteiger partial charge is 0.209 e. The van der Waals surface area contributed by atoms with Gasteiger partial charge in [0.25, 0.3) is 0 Å². The zero-order chi connectivity index (χ0) is 15.4. The fourth-order valence-corrected chi connectivity index (χ4v) is 2.52. The molecule has 1 N–H and O–H groups in total. The molecule has 2 aromatic heterocycles. The van der Waals surface area contributed by atoms with E-state index in [-0.39, 0.29) is 5.69 Å². The summed E-state index contributed by atoms with van der Waals surface area (Å²) in [5.41, 5.74) is 0.759. The summed E-state index contributed by atoms with van der Waals surface area (Å²) in [5, 5.41) is 6.46. The maximum Gasteiger partial charge on any atom is 0.209 e. The Bertz CT molecular complexity index is 624. The molecule has 2 aromatic rings. The molecule has 3 heterocycles. The number of piperidine rings is 1. The lowest BCUT2D eigenvalue weighted by molar-refractivity contribution is -0.119. The average Bonchev–Trinajstić information content (AvgIpc) is 3.07. The summed E-state index contributed by atoms with van der Waals surface area (Å²) in [5.74, 6) is 0.350. The molecular formula is C15H17FN4O2. The quantitative estimate of drug-likeness (QED) is 0.856. The van der Waals surface area contributed by atoms with E-state index in [0.29, 0.717) is 24.0 Å². The van der Waals surface area contributed by atoms with Crippen LogP contribution < -0.4 is 4.74 Å². The second-order valence-corrected chi connectivity index (χ2v) is 5.37. The van der Waals surface area contributed by atoms with Crippen molar-refractivity contribution in [3.63, 3.8) is 0 Å². The normalized spacial score (nSPS) is 15.8. The number of halogens is 1. The van der Waals surface area contributed by atoms with E-state index in [4.69, 9.17) is 4.74 Å². The number of carbonyl (C=O) groups excluding carboxylic acids is 1. The van der Waals surface area contributed by atoms with E-state index in [1.165, 1.54) is 12.3 Å². The third-order valence-corrected chi connectivity index (χ3v) is 3.86. The number of nitrogens with one attached hydrogen (secondary N) is 1. The van der Waals surface area contributed by atoms with E-state index >= 15 is 0 Å². The average molecular weight is 304 g/mol. The predicted octanol–water partition coefficient (Wildman–Crippen LogP) is 1.86. The van der Waals surface area contributed by atoms with Crippen molar-refractivity contribution in [1.82, 2.24) is 20.1 Å². The van der Waals surface area contributed by atoms with Crippen molar-refractivity contribution in [3.05, 3.63) is 30.3 Å². The van der Waals surface area contributed by atoms with Crippen molar-refractivity contribution in [2.24, 2.45) is 5.92 Å². The summed E-state index contributed by atoms with van der Waals surface area (Å²) in [7, 11) is 0. The third kappa shape index (κ3) is 3.24. The zero-order valence-corrected chi connectivity index (χ0v) is 12.0. The van der Waals surface area contributed by atoms with Crippen molar-refractivity contribution in [3.8, 4) is 17.1 Å². The summed E-state index contributed by atoms with van der Waals surface area (Å²) in [6.07, 6.45) is 5.75. The van der Waals surface area contributed by atoms with Crippen molar-refractivity contribution in [2.45, 2.75) is 12.8 Å².